The van der Waals surface area contributed by atoms with Crippen LogP contribution in [-0.4, -0.2) is 71.0 Å². The van der Waals surface area contributed by atoms with Crippen molar-refractivity contribution in [2.45, 2.75) is 19.1 Å². The lowest BCUT2D eigenvalue weighted by atomic mass is 10.1. The van der Waals surface area contributed by atoms with Gasteiger partial charge in [0.15, 0.2) is 5.96 Å². The summed E-state index contributed by atoms with van der Waals surface area (Å²) >= 11 is 2.04. The van der Waals surface area contributed by atoms with Gasteiger partial charge < -0.3 is 15.5 Å². The van der Waals surface area contributed by atoms with E-state index in [1.165, 1.54) is 12.4 Å². The summed E-state index contributed by atoms with van der Waals surface area (Å²) in [5.41, 5.74) is 0.328. The van der Waals surface area contributed by atoms with E-state index in [1.54, 1.807) is 13.2 Å². The summed E-state index contributed by atoms with van der Waals surface area (Å²) in [6, 6.07) is 0. The third kappa shape index (κ3) is 6.96. The van der Waals surface area contributed by atoms with Gasteiger partial charge in [-0.1, -0.05) is 13.8 Å². The van der Waals surface area contributed by atoms with Crippen molar-refractivity contribution in [1.82, 2.24) is 25.5 Å². The Morgan fingerprint density at radius 3 is 2.80 bits per heavy atom. The molecule has 140 valence electrons. The van der Waals surface area contributed by atoms with Crippen LogP contribution in [0.5, 0.6) is 0 Å². The van der Waals surface area contributed by atoms with Crippen molar-refractivity contribution in [1.29, 1.82) is 0 Å². The number of halogens is 1. The molecule has 1 unspecified atom stereocenters. The summed E-state index contributed by atoms with van der Waals surface area (Å²) < 4.78 is 0. The molecule has 2 heterocycles. The first kappa shape index (κ1) is 21.9. The predicted molar refractivity (Wildman–Crippen MR) is 114 cm³/mol. The number of nitrogens with one attached hydrogen (secondary N) is 2. The zero-order chi connectivity index (χ0) is 17.4. The Bertz CT molecular complexity index is 557. The molecule has 0 aliphatic carbocycles. The van der Waals surface area contributed by atoms with Gasteiger partial charge in [-0.05, 0) is 5.92 Å². The highest BCUT2D eigenvalue weighted by molar-refractivity contribution is 14.0. The zero-order valence-corrected chi connectivity index (χ0v) is 18.1. The van der Waals surface area contributed by atoms with Crippen molar-refractivity contribution in [2.24, 2.45) is 10.9 Å². The van der Waals surface area contributed by atoms with Crippen molar-refractivity contribution in [2.75, 3.05) is 39.0 Å². The molecule has 0 bridgehead atoms. The van der Waals surface area contributed by atoms with E-state index in [9.17, 15) is 4.79 Å². The van der Waals surface area contributed by atoms with Crippen LogP contribution >= 0.6 is 35.7 Å². The third-order valence-electron chi connectivity index (χ3n) is 3.84. The molecule has 1 aromatic rings. The maximum Gasteiger partial charge on any atom is 0.271 e. The first-order valence-electron chi connectivity index (χ1n) is 8.23. The van der Waals surface area contributed by atoms with Crippen molar-refractivity contribution >= 4 is 47.6 Å². The highest BCUT2D eigenvalue weighted by Crippen LogP contribution is 2.24. The number of carbonyl (C=O) groups excluding carboxylic acids is 1. The number of carbonyl (C=O) groups is 1. The van der Waals surface area contributed by atoms with E-state index in [0.717, 1.165) is 24.8 Å². The molecule has 9 heteroatoms. The van der Waals surface area contributed by atoms with Gasteiger partial charge in [-0.2, -0.15) is 11.8 Å². The molecule has 0 aromatic carbocycles. The first-order valence-corrected chi connectivity index (χ1v) is 9.28. The standard InChI is InChI=1S/C16H26N6OS.HI/c1-12(2)14-11-22(8-9-24-14)16(17-3)21-7-6-20-15(23)13-10-18-4-5-19-13;/h4-5,10,12,14H,6-9,11H2,1-3H3,(H,17,21)(H,20,23);1H. The zero-order valence-electron chi connectivity index (χ0n) is 14.9. The molecule has 1 fully saturated rings. The number of aliphatic imine (C=N–C) groups is 1. The second-order valence-corrected chi connectivity index (χ2v) is 7.27. The minimum atomic E-state index is -0.214. The fraction of sp³-hybridized carbons (Fsp3) is 0.625. The van der Waals surface area contributed by atoms with Crippen LogP contribution in [0.4, 0.5) is 0 Å². The Kier molecular flexibility index (Phi) is 10.1. The topological polar surface area (TPSA) is 82.5 Å². The van der Waals surface area contributed by atoms with Gasteiger partial charge in [0.25, 0.3) is 5.91 Å². The second kappa shape index (κ2) is 11.5. The molecule has 1 atom stereocenters. The highest BCUT2D eigenvalue weighted by Gasteiger charge is 2.24. The number of thioether (sulfide) groups is 1. The normalized spacial score (nSPS) is 17.8. The monoisotopic (exact) mass is 478 g/mol. The number of hydrogen-bond acceptors (Lipinski definition) is 5. The van der Waals surface area contributed by atoms with Crippen molar-refractivity contribution in [3.8, 4) is 0 Å². The SMILES string of the molecule is CN=C(NCCNC(=O)c1cnccn1)N1CCSC(C(C)C)C1.I. The van der Waals surface area contributed by atoms with Gasteiger partial charge in [0.1, 0.15) is 5.69 Å². The number of rotatable bonds is 5. The van der Waals surface area contributed by atoms with Crippen LogP contribution in [0.3, 0.4) is 0 Å². The molecule has 0 spiro atoms. The summed E-state index contributed by atoms with van der Waals surface area (Å²) in [4.78, 5) is 26.4. The summed E-state index contributed by atoms with van der Waals surface area (Å²) in [7, 11) is 1.80. The summed E-state index contributed by atoms with van der Waals surface area (Å²) in [6.45, 7) is 7.66. The van der Waals surface area contributed by atoms with Gasteiger partial charge in [-0.25, -0.2) is 4.98 Å². The summed E-state index contributed by atoms with van der Waals surface area (Å²) in [5, 5.41) is 6.78. The Balaban J connectivity index is 0.00000312. The Labute approximate surface area is 170 Å². The summed E-state index contributed by atoms with van der Waals surface area (Å²) in [5.74, 6) is 2.46. The quantitative estimate of drug-likeness (QED) is 0.289. The largest absolute Gasteiger partial charge is 0.354 e. The van der Waals surface area contributed by atoms with E-state index in [1.807, 2.05) is 11.8 Å². The van der Waals surface area contributed by atoms with Gasteiger partial charge in [0.2, 0.25) is 0 Å². The fourth-order valence-electron chi connectivity index (χ4n) is 2.46. The average Bonchev–Trinajstić information content (AvgIpc) is 2.62. The molecule has 7 nitrogen and oxygen atoms in total. The number of guanidine groups is 1. The molecule has 1 aliphatic heterocycles. The maximum absolute atomic E-state index is 11.9. The lowest BCUT2D eigenvalue weighted by molar-refractivity contribution is 0.0949. The average molecular weight is 478 g/mol. The van der Waals surface area contributed by atoms with Crippen LogP contribution in [0.25, 0.3) is 0 Å². The molecule has 0 saturated carbocycles. The van der Waals surface area contributed by atoms with E-state index in [4.69, 9.17) is 0 Å². The van der Waals surface area contributed by atoms with E-state index in [2.05, 4.69) is 44.3 Å². The predicted octanol–water partition coefficient (Wildman–Crippen LogP) is 1.47. The maximum atomic E-state index is 11.9. The number of aromatic nitrogens is 2. The van der Waals surface area contributed by atoms with Gasteiger partial charge in [-0.15, -0.1) is 24.0 Å². The molecular weight excluding hydrogens is 451 g/mol. The summed E-state index contributed by atoms with van der Waals surface area (Å²) in [6.07, 6.45) is 4.51. The van der Waals surface area contributed by atoms with Gasteiger partial charge >= 0.3 is 0 Å². The van der Waals surface area contributed by atoms with E-state index in [-0.39, 0.29) is 29.9 Å². The minimum Gasteiger partial charge on any atom is -0.354 e. The van der Waals surface area contributed by atoms with Gasteiger partial charge in [-0.3, -0.25) is 14.8 Å². The number of amides is 1. The van der Waals surface area contributed by atoms with E-state index < -0.39 is 0 Å². The van der Waals surface area contributed by atoms with Crippen LogP contribution in [0.15, 0.2) is 23.6 Å². The molecule has 2 N–H and O–H groups in total. The Hall–Kier alpha value is -1.10. The third-order valence-corrected chi connectivity index (χ3v) is 5.38. The second-order valence-electron chi connectivity index (χ2n) is 5.92. The van der Waals surface area contributed by atoms with Crippen LogP contribution in [0.2, 0.25) is 0 Å². The fourth-order valence-corrected chi connectivity index (χ4v) is 3.76. The lowest BCUT2D eigenvalue weighted by Gasteiger charge is -2.36. The van der Waals surface area contributed by atoms with Crippen LogP contribution < -0.4 is 10.6 Å². The number of hydrogen-bond donors (Lipinski definition) is 2. The molecule has 2 rings (SSSR count). The van der Waals surface area contributed by atoms with Crippen LogP contribution in [-0.2, 0) is 0 Å². The highest BCUT2D eigenvalue weighted by atomic mass is 127. The minimum absolute atomic E-state index is 0. The number of nitrogens with zero attached hydrogens (tertiary/aromatic N) is 4. The molecule has 1 aromatic heterocycles. The van der Waals surface area contributed by atoms with Crippen LogP contribution in [0, 0.1) is 5.92 Å². The first-order chi connectivity index (χ1) is 11.6. The van der Waals surface area contributed by atoms with E-state index >= 15 is 0 Å². The smallest absolute Gasteiger partial charge is 0.271 e. The molecule has 1 saturated heterocycles. The molecule has 0 radical (unpaired) electrons. The molecule has 25 heavy (non-hydrogen) atoms. The Morgan fingerprint density at radius 2 is 2.16 bits per heavy atom. The van der Waals surface area contributed by atoms with Gasteiger partial charge in [0, 0.05) is 56.6 Å². The van der Waals surface area contributed by atoms with E-state index in [0.29, 0.717) is 30.0 Å². The van der Waals surface area contributed by atoms with Gasteiger partial charge in [0.05, 0.1) is 6.20 Å². The Morgan fingerprint density at radius 1 is 1.40 bits per heavy atom. The lowest BCUT2D eigenvalue weighted by Crippen LogP contribution is -2.50. The molecule has 1 amide bonds. The van der Waals surface area contributed by atoms with Crippen molar-refractivity contribution in [3.63, 3.8) is 0 Å². The van der Waals surface area contributed by atoms with Crippen LogP contribution in [0.1, 0.15) is 24.3 Å². The van der Waals surface area contributed by atoms with Crippen molar-refractivity contribution < 1.29 is 4.79 Å². The molecular formula is C16H27IN6OS. The molecule has 1 aliphatic rings. The van der Waals surface area contributed by atoms with Crippen molar-refractivity contribution in [3.05, 3.63) is 24.3 Å².